The minimum atomic E-state index is -0.806. The van der Waals surface area contributed by atoms with Gasteiger partial charge in [0.1, 0.15) is 11.9 Å². The molecule has 4 atom stereocenters. The number of aromatic nitrogens is 5. The van der Waals surface area contributed by atoms with Crippen molar-refractivity contribution in [2.75, 3.05) is 37.3 Å². The number of aliphatic hydroxyl groups is 1. The summed E-state index contributed by atoms with van der Waals surface area (Å²) in [7, 11) is 2.19. The second kappa shape index (κ2) is 10.8. The first kappa shape index (κ1) is 29.4. The van der Waals surface area contributed by atoms with Crippen molar-refractivity contribution in [1.82, 2.24) is 29.8 Å². The number of nitrogens with two attached hydrogens (primary N) is 1. The van der Waals surface area contributed by atoms with Gasteiger partial charge in [0.25, 0.3) is 0 Å². The number of hydrogen-bond donors (Lipinski definition) is 2. The second-order valence-electron chi connectivity index (χ2n) is 14.5. The van der Waals surface area contributed by atoms with E-state index in [0.717, 1.165) is 105 Å². The Kier molecular flexibility index (Phi) is 6.89. The normalized spacial score (nSPS) is 27.1. The van der Waals surface area contributed by atoms with Crippen LogP contribution in [0.2, 0.25) is 0 Å². The van der Waals surface area contributed by atoms with Gasteiger partial charge < -0.3 is 25.2 Å². The van der Waals surface area contributed by atoms with Crippen molar-refractivity contribution in [3.63, 3.8) is 0 Å². The maximum Gasteiger partial charge on any atom is 0.186 e. The molecule has 4 unspecified atom stereocenters. The van der Waals surface area contributed by atoms with E-state index in [-0.39, 0.29) is 6.04 Å². The van der Waals surface area contributed by atoms with Crippen LogP contribution in [0.1, 0.15) is 99.3 Å². The molecule has 2 saturated heterocycles. The van der Waals surface area contributed by atoms with E-state index in [9.17, 15) is 10.4 Å². The van der Waals surface area contributed by atoms with Gasteiger partial charge in [-0.3, -0.25) is 0 Å². The van der Waals surface area contributed by atoms with E-state index in [0.29, 0.717) is 35.4 Å². The molecule has 0 saturated carbocycles. The molecule has 2 aliphatic heterocycles. The smallest absolute Gasteiger partial charge is 0.186 e. The summed E-state index contributed by atoms with van der Waals surface area (Å²) < 4.78 is 8.41. The highest BCUT2D eigenvalue weighted by molar-refractivity contribution is 5.89. The molecule has 46 heavy (non-hydrogen) atoms. The first-order valence-corrected chi connectivity index (χ1v) is 16.9. The Balaban J connectivity index is 1.30. The second-order valence-corrected chi connectivity index (χ2v) is 14.5. The van der Waals surface area contributed by atoms with E-state index in [1.165, 1.54) is 12.0 Å². The summed E-state index contributed by atoms with van der Waals surface area (Å²) in [5, 5.41) is 31.8. The van der Waals surface area contributed by atoms with Crippen LogP contribution in [0.15, 0.2) is 22.9 Å². The summed E-state index contributed by atoms with van der Waals surface area (Å²) in [4.78, 5) is 15.0. The van der Waals surface area contributed by atoms with Crippen molar-refractivity contribution in [3.8, 4) is 17.6 Å². The van der Waals surface area contributed by atoms with Crippen LogP contribution in [0.5, 0.6) is 0 Å². The number of likely N-dealkylation sites (tertiary alicyclic amines) is 1. The fourth-order valence-electron chi connectivity index (χ4n) is 9.16. The Labute approximate surface area is 269 Å². The van der Waals surface area contributed by atoms with Crippen molar-refractivity contribution < 1.29 is 9.63 Å². The molecule has 3 aromatic heterocycles. The Morgan fingerprint density at radius 2 is 1.93 bits per heavy atom. The van der Waals surface area contributed by atoms with Gasteiger partial charge in [-0.05, 0) is 109 Å². The van der Waals surface area contributed by atoms with E-state index in [2.05, 4.69) is 40.6 Å². The van der Waals surface area contributed by atoms with E-state index in [4.69, 9.17) is 30.5 Å². The molecule has 11 heteroatoms. The van der Waals surface area contributed by atoms with E-state index < -0.39 is 11.0 Å². The standard InChI is InChI=1S/C35H43N9O2/c1-21(27-10-6-16-42(27)3)44-33-25(19-38-44)32(43-17-7-13-34(2,45)20-43)39-31(40-33)29-23-9-5-15-35(30(23)46-41-29)14-4-8-22-11-12-26(37)24(18-36)28(22)35/h11-12,19,21,27,45H,4-10,13-17,20,37H2,1-3H3. The van der Waals surface area contributed by atoms with Gasteiger partial charge in [-0.2, -0.15) is 10.4 Å². The number of nitriles is 1. The molecule has 2 fully saturated rings. The molecule has 5 heterocycles. The third-order valence-corrected chi connectivity index (χ3v) is 11.4. The number of aryl methyl sites for hydroxylation is 1. The fraction of sp³-hybridized carbons (Fsp3) is 0.571. The predicted octanol–water partition coefficient (Wildman–Crippen LogP) is 4.90. The molecule has 4 aliphatic rings. The largest absolute Gasteiger partial charge is 0.398 e. The highest BCUT2D eigenvalue weighted by atomic mass is 16.5. The molecule has 0 bridgehead atoms. The van der Waals surface area contributed by atoms with Gasteiger partial charge in [-0.15, -0.1) is 0 Å². The summed E-state index contributed by atoms with van der Waals surface area (Å²) in [6.07, 6.45) is 11.2. The summed E-state index contributed by atoms with van der Waals surface area (Å²) in [5.41, 5.74) is 10.9. The number of nitrogens with zero attached hydrogens (tertiary/aromatic N) is 8. The lowest BCUT2D eigenvalue weighted by Crippen LogP contribution is -2.46. The van der Waals surface area contributed by atoms with Gasteiger partial charge in [-0.1, -0.05) is 11.2 Å². The van der Waals surface area contributed by atoms with Crippen LogP contribution in [0.25, 0.3) is 22.6 Å². The SMILES string of the molecule is CC(C1CCCN1C)n1ncc2c(N3CCCC(C)(O)C3)nc(-c3noc4c3CCCC43CCCc4ccc(N)c(C#N)c43)nc21. The summed E-state index contributed by atoms with van der Waals surface area (Å²) in [5.74, 6) is 2.13. The molecule has 3 N–H and O–H groups in total. The molecule has 8 rings (SSSR count). The maximum atomic E-state index is 11.1. The van der Waals surface area contributed by atoms with Gasteiger partial charge >= 0.3 is 0 Å². The van der Waals surface area contributed by atoms with Crippen LogP contribution < -0.4 is 10.6 Å². The monoisotopic (exact) mass is 621 g/mol. The molecule has 1 aromatic carbocycles. The summed E-state index contributed by atoms with van der Waals surface area (Å²) in [6, 6.07) is 6.86. The lowest BCUT2D eigenvalue weighted by Gasteiger charge is -2.41. The molecule has 0 radical (unpaired) electrons. The highest BCUT2D eigenvalue weighted by Gasteiger charge is 2.48. The molecule has 1 spiro atoms. The molecule has 4 aromatic rings. The van der Waals surface area contributed by atoms with Gasteiger partial charge in [0.2, 0.25) is 0 Å². The van der Waals surface area contributed by atoms with Crippen LogP contribution in [0.4, 0.5) is 11.5 Å². The quantitative estimate of drug-likeness (QED) is 0.302. The number of β-amino-alcohol motifs (C(OH)–C–C–N with tert-alkyl or cyclic N) is 1. The van der Waals surface area contributed by atoms with Gasteiger partial charge in [-0.25, -0.2) is 14.6 Å². The van der Waals surface area contributed by atoms with E-state index in [1.54, 1.807) is 0 Å². The average molecular weight is 622 g/mol. The zero-order valence-corrected chi connectivity index (χ0v) is 27.1. The van der Waals surface area contributed by atoms with Crippen molar-refractivity contribution in [2.24, 2.45) is 0 Å². The highest BCUT2D eigenvalue weighted by Crippen LogP contribution is 2.53. The van der Waals surface area contributed by atoms with Crippen LogP contribution in [-0.4, -0.2) is 73.2 Å². The zero-order valence-electron chi connectivity index (χ0n) is 27.1. The maximum absolute atomic E-state index is 11.1. The first-order chi connectivity index (χ1) is 22.2. The number of fused-ring (bicyclic) bond motifs is 5. The Morgan fingerprint density at radius 3 is 2.70 bits per heavy atom. The molecule has 11 nitrogen and oxygen atoms in total. The van der Waals surface area contributed by atoms with Crippen LogP contribution >= 0.6 is 0 Å². The number of benzene rings is 1. The van der Waals surface area contributed by atoms with E-state index in [1.807, 2.05) is 19.2 Å². The average Bonchev–Trinajstić information content (AvgIpc) is 3.79. The minimum absolute atomic E-state index is 0.119. The molecule has 2 aliphatic carbocycles. The van der Waals surface area contributed by atoms with Crippen molar-refractivity contribution in [3.05, 3.63) is 46.3 Å². The Morgan fingerprint density at radius 1 is 1.11 bits per heavy atom. The topological polar surface area (TPSA) is 146 Å². The Bertz CT molecular complexity index is 1870. The lowest BCUT2D eigenvalue weighted by atomic mass is 9.61. The fourth-order valence-corrected chi connectivity index (χ4v) is 9.16. The van der Waals surface area contributed by atoms with Crippen LogP contribution in [-0.2, 0) is 18.3 Å². The number of likely N-dealkylation sites (N-methyl/N-ethyl adjacent to an activating group) is 1. The van der Waals surface area contributed by atoms with Crippen LogP contribution in [0, 0.1) is 11.3 Å². The number of anilines is 2. The van der Waals surface area contributed by atoms with Gasteiger partial charge in [0.05, 0.1) is 34.2 Å². The van der Waals surface area contributed by atoms with Crippen molar-refractivity contribution >= 4 is 22.5 Å². The molecule has 240 valence electrons. The van der Waals surface area contributed by atoms with Crippen molar-refractivity contribution in [2.45, 2.75) is 101 Å². The third kappa shape index (κ3) is 4.44. The molecule has 0 amide bonds. The summed E-state index contributed by atoms with van der Waals surface area (Å²) in [6.45, 7) is 6.49. The third-order valence-electron chi connectivity index (χ3n) is 11.4. The number of nitrogen functional groups attached to an aromatic ring is 1. The molecular weight excluding hydrogens is 578 g/mol. The zero-order chi connectivity index (χ0) is 31.8. The lowest BCUT2D eigenvalue weighted by molar-refractivity contribution is 0.0448. The number of hydrogen-bond acceptors (Lipinski definition) is 10. The van der Waals surface area contributed by atoms with Crippen LogP contribution in [0.3, 0.4) is 0 Å². The van der Waals surface area contributed by atoms with Gasteiger partial charge in [0, 0.05) is 30.4 Å². The number of piperidine rings is 1. The predicted molar refractivity (Wildman–Crippen MR) is 175 cm³/mol. The Hall–Kier alpha value is -4.01. The van der Waals surface area contributed by atoms with Crippen molar-refractivity contribution in [1.29, 1.82) is 5.26 Å². The first-order valence-electron chi connectivity index (χ1n) is 16.9. The summed E-state index contributed by atoms with van der Waals surface area (Å²) >= 11 is 0. The van der Waals surface area contributed by atoms with Gasteiger partial charge in [0.15, 0.2) is 22.9 Å². The number of rotatable bonds is 4. The minimum Gasteiger partial charge on any atom is -0.398 e. The van der Waals surface area contributed by atoms with E-state index >= 15 is 0 Å². The molecular formula is C35H43N9O2.